The van der Waals surface area contributed by atoms with E-state index in [0.29, 0.717) is 30.9 Å². The van der Waals surface area contributed by atoms with Crippen molar-refractivity contribution in [2.75, 3.05) is 11.9 Å². The fourth-order valence-corrected chi connectivity index (χ4v) is 4.66. The van der Waals surface area contributed by atoms with Gasteiger partial charge in [0.15, 0.2) is 0 Å². The van der Waals surface area contributed by atoms with Gasteiger partial charge in [-0.2, -0.15) is 0 Å². The zero-order valence-electron chi connectivity index (χ0n) is 20.6. The number of carbonyl (C=O) groups excluding carboxylic acids is 2. The van der Waals surface area contributed by atoms with Gasteiger partial charge in [-0.15, -0.1) is 11.3 Å². The summed E-state index contributed by atoms with van der Waals surface area (Å²) in [6.07, 6.45) is 2.75. The topological polar surface area (TPSA) is 67.2 Å². The van der Waals surface area contributed by atoms with E-state index < -0.39 is 0 Å². The molecule has 0 aliphatic rings. The summed E-state index contributed by atoms with van der Waals surface area (Å²) in [6, 6.07) is 15.3. The zero-order chi connectivity index (χ0) is 25.7. The number of thiazole rings is 1. The second kappa shape index (κ2) is 11.3. The largest absolute Gasteiger partial charge is 0.343 e. The Morgan fingerprint density at radius 1 is 1.08 bits per heavy atom. The van der Waals surface area contributed by atoms with Crippen LogP contribution in [0.25, 0.3) is 0 Å². The molecule has 0 bridgehead atoms. The Kier molecular flexibility index (Phi) is 7.95. The van der Waals surface area contributed by atoms with E-state index in [0.717, 1.165) is 28.4 Å². The highest BCUT2D eigenvalue weighted by atomic mass is 32.1. The van der Waals surface area contributed by atoms with E-state index in [9.17, 15) is 14.0 Å². The summed E-state index contributed by atoms with van der Waals surface area (Å²) in [7, 11) is 0. The maximum Gasteiger partial charge on any atom is 0.275 e. The van der Waals surface area contributed by atoms with Crippen LogP contribution in [0.3, 0.4) is 0 Å². The average molecular weight is 505 g/mol. The van der Waals surface area contributed by atoms with Crippen LogP contribution < -0.4 is 5.32 Å². The first kappa shape index (κ1) is 25.3. The molecule has 0 aliphatic heterocycles. The van der Waals surface area contributed by atoms with E-state index in [4.69, 9.17) is 0 Å². The Bertz CT molecular complexity index is 1360. The molecule has 0 unspecified atom stereocenters. The smallest absolute Gasteiger partial charge is 0.275 e. The van der Waals surface area contributed by atoms with Gasteiger partial charge in [0.05, 0.1) is 13.1 Å². The molecule has 6 nitrogen and oxygen atoms in total. The minimum absolute atomic E-state index is 0.135. The van der Waals surface area contributed by atoms with E-state index in [1.165, 1.54) is 41.2 Å². The lowest BCUT2D eigenvalue weighted by Crippen LogP contribution is -2.32. The van der Waals surface area contributed by atoms with Crippen molar-refractivity contribution in [3.8, 4) is 0 Å². The van der Waals surface area contributed by atoms with Crippen molar-refractivity contribution in [3.05, 3.63) is 105 Å². The van der Waals surface area contributed by atoms with Gasteiger partial charge in [-0.1, -0.05) is 13.0 Å². The van der Waals surface area contributed by atoms with E-state index in [-0.39, 0.29) is 17.6 Å². The molecule has 4 rings (SSSR count). The Morgan fingerprint density at radius 2 is 1.86 bits per heavy atom. The number of rotatable bonds is 9. The van der Waals surface area contributed by atoms with Crippen LogP contribution in [0.15, 0.2) is 66.2 Å². The summed E-state index contributed by atoms with van der Waals surface area (Å²) in [5.74, 6) is -0.746. The predicted octanol–water partition coefficient (Wildman–Crippen LogP) is 6.05. The monoisotopic (exact) mass is 504 g/mol. The summed E-state index contributed by atoms with van der Waals surface area (Å²) < 4.78 is 15.3. The quantitative estimate of drug-likeness (QED) is 0.302. The van der Waals surface area contributed by atoms with Crippen molar-refractivity contribution < 1.29 is 14.0 Å². The normalized spacial score (nSPS) is 10.9. The van der Waals surface area contributed by atoms with E-state index in [2.05, 4.69) is 10.3 Å². The number of benzene rings is 2. The molecule has 2 amide bonds. The fraction of sp³-hybridized carbons (Fsp3) is 0.250. The highest BCUT2D eigenvalue weighted by molar-refractivity contribution is 7.09. The molecule has 186 valence electrons. The summed E-state index contributed by atoms with van der Waals surface area (Å²) in [5.41, 5.74) is 4.82. The van der Waals surface area contributed by atoms with Crippen molar-refractivity contribution in [2.45, 2.75) is 40.3 Å². The molecule has 0 spiro atoms. The number of hydrogen-bond acceptors (Lipinski definition) is 4. The van der Waals surface area contributed by atoms with Gasteiger partial charge in [-0.05, 0) is 79.9 Å². The molecule has 2 aromatic heterocycles. The second-order valence-electron chi connectivity index (χ2n) is 8.74. The van der Waals surface area contributed by atoms with Crippen molar-refractivity contribution in [1.82, 2.24) is 14.5 Å². The first-order valence-electron chi connectivity index (χ1n) is 11.9. The lowest BCUT2D eigenvalue weighted by Gasteiger charge is -2.23. The van der Waals surface area contributed by atoms with Gasteiger partial charge < -0.3 is 14.8 Å². The van der Waals surface area contributed by atoms with Crippen LogP contribution in [0.2, 0.25) is 0 Å². The number of hydrogen-bond donors (Lipinski definition) is 1. The molecule has 0 radical (unpaired) electrons. The SMILES string of the molecule is CCCN(Cc1cccn1Cc1nc(C(=O)Nc2ccc(C)c(C)c2)cs1)C(=O)c1ccc(F)cc1. The maximum atomic E-state index is 13.3. The van der Waals surface area contributed by atoms with Gasteiger partial charge in [-0.25, -0.2) is 9.37 Å². The Balaban J connectivity index is 1.44. The molecular formula is C28H29FN4O2S. The van der Waals surface area contributed by atoms with Crippen LogP contribution in [-0.2, 0) is 13.1 Å². The van der Waals surface area contributed by atoms with Crippen LogP contribution in [0.4, 0.5) is 10.1 Å². The summed E-state index contributed by atoms with van der Waals surface area (Å²) >= 11 is 1.43. The molecule has 0 aliphatic carbocycles. The van der Waals surface area contributed by atoms with E-state index >= 15 is 0 Å². The fourth-order valence-electron chi connectivity index (χ4n) is 3.89. The third kappa shape index (κ3) is 6.07. The molecule has 2 aromatic carbocycles. The molecule has 36 heavy (non-hydrogen) atoms. The number of aromatic nitrogens is 2. The van der Waals surface area contributed by atoms with Crippen LogP contribution >= 0.6 is 11.3 Å². The first-order valence-corrected chi connectivity index (χ1v) is 12.7. The van der Waals surface area contributed by atoms with Gasteiger partial charge in [0, 0.05) is 35.1 Å². The Labute approximate surface area is 214 Å². The van der Waals surface area contributed by atoms with Gasteiger partial charge >= 0.3 is 0 Å². The zero-order valence-corrected chi connectivity index (χ0v) is 21.4. The average Bonchev–Trinajstić information content (AvgIpc) is 3.51. The molecule has 0 saturated carbocycles. The lowest BCUT2D eigenvalue weighted by molar-refractivity contribution is 0.0739. The number of aryl methyl sites for hydroxylation is 2. The highest BCUT2D eigenvalue weighted by Gasteiger charge is 2.18. The number of halogens is 1. The van der Waals surface area contributed by atoms with Crippen LogP contribution in [-0.4, -0.2) is 32.8 Å². The molecular weight excluding hydrogens is 475 g/mol. The number of amides is 2. The minimum Gasteiger partial charge on any atom is -0.343 e. The van der Waals surface area contributed by atoms with Gasteiger partial charge in [0.1, 0.15) is 16.5 Å². The minimum atomic E-state index is -0.368. The maximum absolute atomic E-state index is 13.3. The summed E-state index contributed by atoms with van der Waals surface area (Å²) in [4.78, 5) is 32.1. The predicted molar refractivity (Wildman–Crippen MR) is 141 cm³/mol. The van der Waals surface area contributed by atoms with Gasteiger partial charge in [0.2, 0.25) is 0 Å². The first-order chi connectivity index (χ1) is 17.3. The molecule has 0 saturated heterocycles. The number of nitrogens with zero attached hydrogens (tertiary/aromatic N) is 3. The molecule has 4 aromatic rings. The third-order valence-corrected chi connectivity index (χ3v) is 6.84. The van der Waals surface area contributed by atoms with Crippen molar-refractivity contribution in [1.29, 1.82) is 0 Å². The van der Waals surface area contributed by atoms with Gasteiger partial charge in [-0.3, -0.25) is 9.59 Å². The summed E-state index contributed by atoms with van der Waals surface area (Å²) in [5, 5.41) is 5.47. The molecule has 8 heteroatoms. The molecule has 1 N–H and O–H groups in total. The second-order valence-corrected chi connectivity index (χ2v) is 9.68. The number of anilines is 1. The molecule has 2 heterocycles. The molecule has 0 atom stereocenters. The standard InChI is InChI=1S/C28H29FN4O2S/c1-4-13-33(28(35)21-8-10-22(29)11-9-21)16-24-6-5-14-32(24)17-26-31-25(18-36-26)27(34)30-23-12-7-19(2)20(3)15-23/h5-12,14-15,18H,4,13,16-17H2,1-3H3,(H,30,34). The van der Waals surface area contributed by atoms with Crippen LogP contribution in [0, 0.1) is 19.7 Å². The van der Waals surface area contributed by atoms with Crippen molar-refractivity contribution in [3.63, 3.8) is 0 Å². The number of carbonyl (C=O) groups is 2. The van der Waals surface area contributed by atoms with E-state index in [1.807, 2.05) is 61.9 Å². The van der Waals surface area contributed by atoms with E-state index in [1.54, 1.807) is 10.3 Å². The van der Waals surface area contributed by atoms with Crippen LogP contribution in [0.5, 0.6) is 0 Å². The Hall–Kier alpha value is -3.78. The van der Waals surface area contributed by atoms with Gasteiger partial charge in [0.25, 0.3) is 11.8 Å². The third-order valence-electron chi connectivity index (χ3n) is 6.00. The van der Waals surface area contributed by atoms with Crippen molar-refractivity contribution >= 4 is 28.8 Å². The Morgan fingerprint density at radius 3 is 2.58 bits per heavy atom. The highest BCUT2D eigenvalue weighted by Crippen LogP contribution is 2.19. The molecule has 0 fully saturated rings. The summed E-state index contributed by atoms with van der Waals surface area (Å²) in [6.45, 7) is 7.56. The van der Waals surface area contributed by atoms with Crippen molar-refractivity contribution in [2.24, 2.45) is 0 Å². The lowest BCUT2D eigenvalue weighted by atomic mass is 10.1. The number of nitrogens with one attached hydrogen (secondary N) is 1. The van der Waals surface area contributed by atoms with Crippen LogP contribution in [0.1, 0.15) is 56.0 Å².